The van der Waals surface area contributed by atoms with Crippen LogP contribution in [-0.4, -0.2) is 46.8 Å². The van der Waals surface area contributed by atoms with E-state index in [1.54, 1.807) is 11.8 Å². The minimum atomic E-state index is -0.671. The SMILES string of the molecule is CC(Cl)C(=O)NC(=O)N1CCCSCC1. The third-order valence-electron chi connectivity index (χ3n) is 2.10. The first-order valence-corrected chi connectivity index (χ1v) is 6.52. The molecular weight excluding hydrogens is 236 g/mol. The molecule has 0 aromatic carbocycles. The highest BCUT2D eigenvalue weighted by molar-refractivity contribution is 7.99. The average Bonchev–Trinajstić information content (AvgIpc) is 2.45. The molecule has 0 radical (unpaired) electrons. The van der Waals surface area contributed by atoms with Crippen LogP contribution in [0.15, 0.2) is 0 Å². The molecule has 1 rings (SSSR count). The van der Waals surface area contributed by atoms with Gasteiger partial charge in [0.1, 0.15) is 5.38 Å². The van der Waals surface area contributed by atoms with Gasteiger partial charge < -0.3 is 4.90 Å². The van der Waals surface area contributed by atoms with Gasteiger partial charge in [0.15, 0.2) is 0 Å². The summed E-state index contributed by atoms with van der Waals surface area (Å²) in [5.41, 5.74) is 0. The Kier molecular flexibility index (Phi) is 5.25. The van der Waals surface area contributed by atoms with Crippen LogP contribution < -0.4 is 5.32 Å². The van der Waals surface area contributed by atoms with Crippen molar-refractivity contribution in [2.24, 2.45) is 0 Å². The van der Waals surface area contributed by atoms with Crippen LogP contribution in [0.1, 0.15) is 13.3 Å². The number of rotatable bonds is 1. The van der Waals surface area contributed by atoms with E-state index in [1.807, 2.05) is 11.8 Å². The molecule has 1 fully saturated rings. The largest absolute Gasteiger partial charge is 0.324 e. The molecule has 1 aliphatic rings. The lowest BCUT2D eigenvalue weighted by Crippen LogP contribution is -2.45. The molecule has 1 heterocycles. The Morgan fingerprint density at radius 1 is 1.40 bits per heavy atom. The number of amides is 3. The minimum Gasteiger partial charge on any atom is -0.324 e. The number of halogens is 1. The Bertz CT molecular complexity index is 240. The van der Waals surface area contributed by atoms with Crippen LogP contribution in [0.3, 0.4) is 0 Å². The quantitative estimate of drug-likeness (QED) is 0.714. The van der Waals surface area contributed by atoms with Crippen LogP contribution in [0.4, 0.5) is 4.79 Å². The molecule has 1 saturated heterocycles. The van der Waals surface area contributed by atoms with E-state index < -0.39 is 11.3 Å². The van der Waals surface area contributed by atoms with Crippen molar-refractivity contribution in [3.05, 3.63) is 0 Å². The molecule has 3 amide bonds. The summed E-state index contributed by atoms with van der Waals surface area (Å²) in [6.07, 6.45) is 0.975. The number of carbonyl (C=O) groups excluding carboxylic acids is 2. The Balaban J connectivity index is 2.41. The molecule has 0 spiro atoms. The van der Waals surface area contributed by atoms with Gasteiger partial charge in [-0.1, -0.05) is 0 Å². The molecule has 1 atom stereocenters. The van der Waals surface area contributed by atoms with Crippen molar-refractivity contribution in [1.29, 1.82) is 0 Å². The number of carbonyl (C=O) groups is 2. The minimum absolute atomic E-state index is 0.324. The van der Waals surface area contributed by atoms with E-state index in [1.165, 1.54) is 0 Å². The van der Waals surface area contributed by atoms with E-state index in [0.29, 0.717) is 13.1 Å². The van der Waals surface area contributed by atoms with Gasteiger partial charge >= 0.3 is 6.03 Å². The van der Waals surface area contributed by atoms with Gasteiger partial charge in [-0.15, -0.1) is 11.6 Å². The summed E-state index contributed by atoms with van der Waals surface area (Å²) in [6, 6.07) is -0.324. The lowest BCUT2D eigenvalue weighted by atomic mass is 10.4. The van der Waals surface area contributed by atoms with Crippen molar-refractivity contribution in [3.8, 4) is 0 Å². The molecular formula is C9H15ClN2O2S. The van der Waals surface area contributed by atoms with E-state index in [0.717, 1.165) is 17.9 Å². The van der Waals surface area contributed by atoms with E-state index >= 15 is 0 Å². The van der Waals surface area contributed by atoms with Crippen LogP contribution in [0.25, 0.3) is 0 Å². The summed E-state index contributed by atoms with van der Waals surface area (Å²) < 4.78 is 0. The topological polar surface area (TPSA) is 49.4 Å². The van der Waals surface area contributed by atoms with Gasteiger partial charge in [-0.2, -0.15) is 11.8 Å². The molecule has 6 heteroatoms. The second-order valence-electron chi connectivity index (χ2n) is 3.36. The predicted molar refractivity (Wildman–Crippen MR) is 62.4 cm³/mol. The molecule has 1 N–H and O–H groups in total. The third kappa shape index (κ3) is 4.30. The van der Waals surface area contributed by atoms with Crippen LogP contribution >= 0.6 is 23.4 Å². The number of alkyl halides is 1. The summed E-state index contributed by atoms with van der Waals surface area (Å²) in [5.74, 6) is 1.57. The summed E-state index contributed by atoms with van der Waals surface area (Å²) in [5, 5.41) is 1.61. The molecule has 15 heavy (non-hydrogen) atoms. The van der Waals surface area contributed by atoms with Crippen molar-refractivity contribution in [2.75, 3.05) is 24.6 Å². The standard InChI is InChI=1S/C9H15ClN2O2S/c1-7(10)8(13)11-9(14)12-3-2-5-15-6-4-12/h7H,2-6H2,1H3,(H,11,13,14). The van der Waals surface area contributed by atoms with Crippen LogP contribution in [-0.2, 0) is 4.79 Å². The number of hydrogen-bond acceptors (Lipinski definition) is 3. The summed E-state index contributed by atoms with van der Waals surface area (Å²) in [7, 11) is 0. The monoisotopic (exact) mass is 250 g/mol. The molecule has 4 nitrogen and oxygen atoms in total. The maximum atomic E-state index is 11.6. The van der Waals surface area contributed by atoms with Gasteiger partial charge in [-0.25, -0.2) is 4.79 Å². The lowest BCUT2D eigenvalue weighted by Gasteiger charge is -2.20. The zero-order valence-electron chi connectivity index (χ0n) is 8.66. The van der Waals surface area contributed by atoms with E-state index in [-0.39, 0.29) is 6.03 Å². The number of nitrogens with zero attached hydrogens (tertiary/aromatic N) is 1. The molecule has 0 aromatic heterocycles. The first-order chi connectivity index (χ1) is 7.11. The van der Waals surface area contributed by atoms with Gasteiger partial charge in [-0.05, 0) is 19.1 Å². The molecule has 86 valence electrons. The molecule has 0 aromatic rings. The van der Waals surface area contributed by atoms with Gasteiger partial charge in [-0.3, -0.25) is 10.1 Å². The fourth-order valence-electron chi connectivity index (χ4n) is 1.23. The van der Waals surface area contributed by atoms with Gasteiger partial charge in [0.05, 0.1) is 0 Å². The maximum absolute atomic E-state index is 11.6. The second kappa shape index (κ2) is 6.23. The maximum Gasteiger partial charge on any atom is 0.324 e. The Hall–Kier alpha value is -0.420. The van der Waals surface area contributed by atoms with E-state index in [4.69, 9.17) is 11.6 Å². The van der Waals surface area contributed by atoms with Crippen molar-refractivity contribution in [3.63, 3.8) is 0 Å². The third-order valence-corrected chi connectivity index (χ3v) is 3.35. The Labute approximate surface area is 98.7 Å². The van der Waals surface area contributed by atoms with Crippen LogP contribution in [0.2, 0.25) is 0 Å². The number of hydrogen-bond donors (Lipinski definition) is 1. The van der Waals surface area contributed by atoms with Crippen molar-refractivity contribution >= 4 is 35.3 Å². The van der Waals surface area contributed by atoms with Gasteiger partial charge in [0, 0.05) is 18.8 Å². The summed E-state index contributed by atoms with van der Waals surface area (Å²) in [6.45, 7) is 2.95. The normalized spacial score (nSPS) is 19.2. The number of imide groups is 1. The fourth-order valence-corrected chi connectivity index (χ4v) is 2.17. The highest BCUT2D eigenvalue weighted by Gasteiger charge is 2.19. The molecule has 1 unspecified atom stereocenters. The highest BCUT2D eigenvalue weighted by Crippen LogP contribution is 2.09. The van der Waals surface area contributed by atoms with Crippen LogP contribution in [0.5, 0.6) is 0 Å². The fraction of sp³-hybridized carbons (Fsp3) is 0.778. The predicted octanol–water partition coefficient (Wildman–Crippen LogP) is 1.29. The van der Waals surface area contributed by atoms with E-state index in [9.17, 15) is 9.59 Å². The summed E-state index contributed by atoms with van der Waals surface area (Å²) >= 11 is 7.39. The second-order valence-corrected chi connectivity index (χ2v) is 5.24. The van der Waals surface area contributed by atoms with E-state index in [2.05, 4.69) is 5.32 Å². The van der Waals surface area contributed by atoms with Crippen molar-refractivity contribution in [1.82, 2.24) is 10.2 Å². The number of nitrogens with one attached hydrogen (secondary N) is 1. The lowest BCUT2D eigenvalue weighted by molar-refractivity contribution is -0.119. The molecule has 1 aliphatic heterocycles. The Morgan fingerprint density at radius 2 is 2.13 bits per heavy atom. The molecule has 0 aliphatic carbocycles. The summed E-state index contributed by atoms with van der Waals surface area (Å²) in [4.78, 5) is 24.4. The zero-order chi connectivity index (χ0) is 11.3. The van der Waals surface area contributed by atoms with Crippen molar-refractivity contribution in [2.45, 2.75) is 18.7 Å². The smallest absolute Gasteiger partial charge is 0.324 e. The number of thioether (sulfide) groups is 1. The number of urea groups is 1. The first kappa shape index (κ1) is 12.6. The van der Waals surface area contributed by atoms with Crippen molar-refractivity contribution < 1.29 is 9.59 Å². The Morgan fingerprint density at radius 3 is 2.80 bits per heavy atom. The highest BCUT2D eigenvalue weighted by atomic mass is 35.5. The molecule has 0 bridgehead atoms. The average molecular weight is 251 g/mol. The van der Waals surface area contributed by atoms with Gasteiger partial charge in [0.2, 0.25) is 5.91 Å². The van der Waals surface area contributed by atoms with Gasteiger partial charge in [0.25, 0.3) is 0 Å². The molecule has 0 saturated carbocycles. The zero-order valence-corrected chi connectivity index (χ0v) is 10.2. The van der Waals surface area contributed by atoms with Crippen LogP contribution in [0, 0.1) is 0 Å². The first-order valence-electron chi connectivity index (χ1n) is 4.93.